The number of aryl methyl sites for hydroxylation is 1. The van der Waals surface area contributed by atoms with Gasteiger partial charge >= 0.3 is 5.91 Å². The van der Waals surface area contributed by atoms with Crippen molar-refractivity contribution in [3.05, 3.63) is 17.6 Å². The number of fused-ring (bicyclic) bond motifs is 1. The van der Waals surface area contributed by atoms with Gasteiger partial charge in [0.25, 0.3) is 0 Å². The first kappa shape index (κ1) is 11.4. The number of hydrogen-bond acceptors (Lipinski definition) is 5. The van der Waals surface area contributed by atoms with Crippen LogP contribution in [-0.2, 0) is 0 Å². The summed E-state index contributed by atoms with van der Waals surface area (Å²) in [6, 6.07) is 2.00. The number of rotatable bonds is 2. The maximum Gasteiger partial charge on any atom is 0.303 e. The van der Waals surface area contributed by atoms with Crippen LogP contribution in [0.25, 0.3) is 10.2 Å². The Morgan fingerprint density at radius 1 is 1.50 bits per heavy atom. The van der Waals surface area contributed by atoms with E-state index < -0.39 is 0 Å². The van der Waals surface area contributed by atoms with Crippen LogP contribution in [0, 0.1) is 6.92 Å². The first-order chi connectivity index (χ1) is 7.61. The summed E-state index contributed by atoms with van der Waals surface area (Å²) < 4.78 is 1.08. The van der Waals surface area contributed by atoms with Crippen LogP contribution < -0.4 is 15.5 Å². The molecule has 16 heavy (non-hydrogen) atoms. The molecule has 1 atom stereocenters. The fraction of sp³-hybridized carbons (Fsp3) is 0.222. The van der Waals surface area contributed by atoms with Crippen molar-refractivity contribution >= 4 is 41.3 Å². The molecule has 2 N–H and O–H groups in total. The number of carbonyl (C=O) groups excluding carboxylic acids is 1. The highest BCUT2D eigenvalue weighted by atomic mass is 32.1. The lowest BCUT2D eigenvalue weighted by Crippen LogP contribution is -2.35. The smallest absolute Gasteiger partial charge is 0.285 e. The molecule has 5 nitrogen and oxygen atoms in total. The van der Waals surface area contributed by atoms with Gasteiger partial charge in [-0.2, -0.15) is 0 Å². The molecule has 0 aromatic carbocycles. The standard InChI is InChI=1S/C9H11N4OPS/c1-4-5-3-6(15)16-9(5)12-7(11-4)8(14)13-10-2/h3,10H,15H2,1-2H3,(H,13,14). The number of hydrogen-bond donors (Lipinski definition) is 2. The second-order valence-electron chi connectivity index (χ2n) is 3.20. The summed E-state index contributed by atoms with van der Waals surface area (Å²) in [4.78, 5) is 20.8. The summed E-state index contributed by atoms with van der Waals surface area (Å²) in [5, 5.41) is 0.996. The summed E-state index contributed by atoms with van der Waals surface area (Å²) in [5.41, 5.74) is 5.82. The van der Waals surface area contributed by atoms with Gasteiger partial charge in [-0.1, -0.05) is 9.24 Å². The third-order valence-corrected chi connectivity index (χ3v) is 3.42. The van der Waals surface area contributed by atoms with Gasteiger partial charge in [0.05, 0.1) is 5.69 Å². The Hall–Kier alpha value is -1.10. The number of carbonyl (C=O) groups is 1. The van der Waals surface area contributed by atoms with Crippen LogP contribution >= 0.6 is 20.6 Å². The van der Waals surface area contributed by atoms with Gasteiger partial charge in [0.1, 0.15) is 4.83 Å². The van der Waals surface area contributed by atoms with Crippen LogP contribution in [0.15, 0.2) is 6.07 Å². The van der Waals surface area contributed by atoms with E-state index in [0.29, 0.717) is 0 Å². The van der Waals surface area contributed by atoms with Gasteiger partial charge in [0.2, 0.25) is 5.82 Å². The third-order valence-electron chi connectivity index (χ3n) is 2.04. The molecule has 0 saturated heterocycles. The van der Waals surface area contributed by atoms with E-state index in [2.05, 4.69) is 30.1 Å². The number of nitrogens with zero attached hydrogens (tertiary/aromatic N) is 2. The Morgan fingerprint density at radius 3 is 2.94 bits per heavy atom. The molecule has 0 fully saturated rings. The molecule has 1 unspecified atom stereocenters. The SMILES string of the molecule is CNNC(=O)c1nc(C)c2cc(P)sc2n1. The minimum atomic E-state index is -0.328. The van der Waals surface area contributed by atoms with Crippen molar-refractivity contribution in [2.45, 2.75) is 6.92 Å². The molecule has 0 saturated carbocycles. The van der Waals surface area contributed by atoms with Gasteiger partial charge < -0.3 is 0 Å². The molecule has 7 heteroatoms. The Kier molecular flexibility index (Phi) is 3.14. The Bertz CT molecular complexity index is 554. The van der Waals surface area contributed by atoms with Crippen molar-refractivity contribution in [3.63, 3.8) is 0 Å². The summed E-state index contributed by atoms with van der Waals surface area (Å²) in [7, 11) is 4.24. The van der Waals surface area contributed by atoms with Crippen LogP contribution in [0.4, 0.5) is 0 Å². The second-order valence-corrected chi connectivity index (χ2v) is 5.31. The molecule has 2 rings (SSSR count). The number of amides is 1. The van der Waals surface area contributed by atoms with Crippen LogP contribution in [-0.4, -0.2) is 22.9 Å². The average Bonchev–Trinajstić information content (AvgIpc) is 2.59. The average molecular weight is 254 g/mol. The van der Waals surface area contributed by atoms with E-state index in [1.165, 1.54) is 11.3 Å². The Balaban J connectivity index is 2.53. The largest absolute Gasteiger partial charge is 0.303 e. The highest BCUT2D eigenvalue weighted by Gasteiger charge is 2.12. The van der Waals surface area contributed by atoms with Crippen LogP contribution in [0.5, 0.6) is 0 Å². The van der Waals surface area contributed by atoms with Crippen LogP contribution in [0.2, 0.25) is 0 Å². The van der Waals surface area contributed by atoms with E-state index in [1.807, 2.05) is 13.0 Å². The third kappa shape index (κ3) is 2.04. The van der Waals surface area contributed by atoms with Gasteiger partial charge in [0, 0.05) is 17.1 Å². The summed E-state index contributed by atoms with van der Waals surface area (Å²) in [6.45, 7) is 1.87. The minimum Gasteiger partial charge on any atom is -0.285 e. The van der Waals surface area contributed by atoms with Crippen molar-refractivity contribution in [3.8, 4) is 0 Å². The molecule has 2 heterocycles. The lowest BCUT2D eigenvalue weighted by Gasteiger charge is -2.02. The monoisotopic (exact) mass is 254 g/mol. The first-order valence-corrected chi connectivity index (χ1v) is 6.02. The molecule has 2 aromatic heterocycles. The molecule has 0 radical (unpaired) electrons. The predicted molar refractivity (Wildman–Crippen MR) is 68.0 cm³/mol. The molecule has 2 aromatic rings. The van der Waals surface area contributed by atoms with Crippen molar-refractivity contribution in [1.29, 1.82) is 0 Å². The van der Waals surface area contributed by atoms with Gasteiger partial charge in [0.15, 0.2) is 0 Å². The van der Waals surface area contributed by atoms with E-state index in [1.54, 1.807) is 7.05 Å². The van der Waals surface area contributed by atoms with Crippen molar-refractivity contribution in [2.24, 2.45) is 0 Å². The summed E-state index contributed by atoms with van der Waals surface area (Å²) in [5.74, 6) is -0.141. The lowest BCUT2D eigenvalue weighted by molar-refractivity contribution is 0.0927. The van der Waals surface area contributed by atoms with E-state index in [0.717, 1.165) is 20.5 Å². The zero-order chi connectivity index (χ0) is 11.7. The first-order valence-electron chi connectivity index (χ1n) is 4.62. The van der Waals surface area contributed by atoms with Crippen molar-refractivity contribution < 1.29 is 4.79 Å². The zero-order valence-corrected chi connectivity index (χ0v) is 10.8. The van der Waals surface area contributed by atoms with Gasteiger partial charge in [-0.15, -0.1) is 11.3 Å². The second kappa shape index (κ2) is 4.41. The van der Waals surface area contributed by atoms with E-state index in [-0.39, 0.29) is 11.7 Å². The Morgan fingerprint density at radius 2 is 2.25 bits per heavy atom. The van der Waals surface area contributed by atoms with Gasteiger partial charge in [-0.25, -0.2) is 15.4 Å². The van der Waals surface area contributed by atoms with E-state index in [9.17, 15) is 4.79 Å². The molecule has 0 aliphatic carbocycles. The maximum atomic E-state index is 11.5. The summed E-state index contributed by atoms with van der Waals surface area (Å²) in [6.07, 6.45) is 0. The maximum absolute atomic E-state index is 11.5. The molecule has 84 valence electrons. The lowest BCUT2D eigenvalue weighted by atomic mass is 10.3. The molecular weight excluding hydrogens is 243 g/mol. The quantitative estimate of drug-likeness (QED) is 0.600. The highest BCUT2D eigenvalue weighted by Crippen LogP contribution is 2.20. The minimum absolute atomic E-state index is 0.186. The van der Waals surface area contributed by atoms with Crippen LogP contribution in [0.1, 0.15) is 16.3 Å². The fourth-order valence-electron chi connectivity index (χ4n) is 1.35. The molecule has 0 bridgehead atoms. The number of aromatic nitrogens is 2. The highest BCUT2D eigenvalue weighted by molar-refractivity contribution is 7.45. The molecular formula is C9H11N4OPS. The Labute approximate surface area is 98.8 Å². The van der Waals surface area contributed by atoms with Crippen molar-refractivity contribution in [1.82, 2.24) is 20.8 Å². The molecule has 0 aliphatic rings. The topological polar surface area (TPSA) is 66.9 Å². The summed E-state index contributed by atoms with van der Waals surface area (Å²) >= 11 is 1.53. The van der Waals surface area contributed by atoms with Gasteiger partial charge in [-0.05, 0) is 13.0 Å². The van der Waals surface area contributed by atoms with E-state index in [4.69, 9.17) is 0 Å². The molecule has 0 spiro atoms. The number of hydrazine groups is 1. The van der Waals surface area contributed by atoms with Crippen LogP contribution in [0.3, 0.4) is 0 Å². The predicted octanol–water partition coefficient (Wildman–Crippen LogP) is 0.364. The fourth-order valence-corrected chi connectivity index (χ4v) is 2.70. The normalized spacial score (nSPS) is 10.7. The zero-order valence-electron chi connectivity index (χ0n) is 8.87. The molecule has 0 aliphatic heterocycles. The number of thiophene rings is 1. The van der Waals surface area contributed by atoms with E-state index >= 15 is 0 Å². The molecule has 1 amide bonds. The van der Waals surface area contributed by atoms with Gasteiger partial charge in [-0.3, -0.25) is 10.2 Å². The van der Waals surface area contributed by atoms with Crippen molar-refractivity contribution in [2.75, 3.05) is 7.05 Å². The number of nitrogens with one attached hydrogen (secondary N) is 2.